The quantitative estimate of drug-likeness (QED) is 0.789. The molecule has 0 bridgehead atoms. The number of nitrogens with zero attached hydrogens (tertiary/aromatic N) is 1. The first kappa shape index (κ1) is 20.5. The first-order valence-electron chi connectivity index (χ1n) is 8.36. The molecule has 4 nitrogen and oxygen atoms in total. The molecule has 3 rings (SSSR count). The second-order valence-electron chi connectivity index (χ2n) is 6.19. The Balaban J connectivity index is 0.00000225. The number of rotatable bonds is 5. The van der Waals surface area contributed by atoms with Gasteiger partial charge in [-0.25, -0.2) is 4.98 Å². The molecule has 0 aliphatic carbocycles. The van der Waals surface area contributed by atoms with Gasteiger partial charge in [0.15, 0.2) is 0 Å². The number of aliphatic hydroxyl groups is 1. The van der Waals surface area contributed by atoms with Crippen LogP contribution in [-0.4, -0.2) is 29.8 Å². The van der Waals surface area contributed by atoms with Crippen molar-refractivity contribution in [3.05, 3.63) is 44.9 Å². The lowest BCUT2D eigenvalue weighted by atomic mass is 9.96. The number of hydrogen-bond donors (Lipinski definition) is 2. The maximum absolute atomic E-state index is 11.0. The van der Waals surface area contributed by atoms with Crippen LogP contribution in [0.25, 0.3) is 0 Å². The fourth-order valence-corrected chi connectivity index (χ4v) is 4.32. The van der Waals surface area contributed by atoms with Crippen molar-refractivity contribution in [2.24, 2.45) is 0 Å². The van der Waals surface area contributed by atoms with Gasteiger partial charge in [0.25, 0.3) is 0 Å². The summed E-state index contributed by atoms with van der Waals surface area (Å²) in [5.74, 6) is 0.704. The lowest BCUT2D eigenvalue weighted by molar-refractivity contribution is 0.0237. The van der Waals surface area contributed by atoms with Crippen molar-refractivity contribution < 1.29 is 9.84 Å². The molecule has 0 amide bonds. The number of para-hydroxylation sites is 1. The number of hydrogen-bond acceptors (Lipinski definition) is 5. The van der Waals surface area contributed by atoms with E-state index in [1.165, 1.54) is 4.88 Å². The Hall–Kier alpha value is -0.850. The Labute approximate surface area is 164 Å². The van der Waals surface area contributed by atoms with Crippen molar-refractivity contribution in [2.75, 3.05) is 19.7 Å². The molecule has 1 unspecified atom stereocenters. The average molecular weight is 403 g/mol. The standard InChI is InChI=1S/C18H23ClN2O2S.ClH/c1-13-16(7-12-23-15-6-3-2-5-14(15)19)24-17(21-13)18(22)8-4-10-20-11-9-18;/h2-3,5-6,20,22H,4,7-12H2,1H3;1H. The largest absolute Gasteiger partial charge is 0.492 e. The van der Waals surface area contributed by atoms with Gasteiger partial charge in [-0.05, 0) is 51.4 Å². The maximum atomic E-state index is 11.0. The third kappa shape index (κ3) is 5.08. The molecule has 1 aliphatic rings. The smallest absolute Gasteiger partial charge is 0.137 e. The Bertz CT molecular complexity index is 685. The summed E-state index contributed by atoms with van der Waals surface area (Å²) in [5, 5.41) is 15.8. The van der Waals surface area contributed by atoms with Crippen LogP contribution in [0.15, 0.2) is 24.3 Å². The Morgan fingerprint density at radius 3 is 2.92 bits per heavy atom. The minimum Gasteiger partial charge on any atom is -0.492 e. The summed E-state index contributed by atoms with van der Waals surface area (Å²) in [5.41, 5.74) is 0.198. The van der Waals surface area contributed by atoms with E-state index < -0.39 is 5.60 Å². The molecule has 138 valence electrons. The fraction of sp³-hybridized carbons (Fsp3) is 0.500. The molecule has 2 N–H and O–H groups in total. The molecule has 0 saturated carbocycles. The van der Waals surface area contributed by atoms with Crippen molar-refractivity contribution in [2.45, 2.75) is 38.2 Å². The van der Waals surface area contributed by atoms with Crippen LogP contribution in [0.5, 0.6) is 5.75 Å². The Morgan fingerprint density at radius 1 is 1.32 bits per heavy atom. The average Bonchev–Trinajstić information content (AvgIpc) is 2.79. The van der Waals surface area contributed by atoms with Crippen molar-refractivity contribution >= 4 is 35.3 Å². The van der Waals surface area contributed by atoms with Crippen LogP contribution in [0.1, 0.15) is 34.8 Å². The van der Waals surface area contributed by atoms with Gasteiger partial charge >= 0.3 is 0 Å². The molecular formula is C18H24Cl2N2O2S. The first-order valence-corrected chi connectivity index (χ1v) is 9.55. The summed E-state index contributed by atoms with van der Waals surface area (Å²) in [6.07, 6.45) is 3.22. The van der Waals surface area contributed by atoms with Crippen LogP contribution in [0.3, 0.4) is 0 Å². The molecule has 2 heterocycles. The molecule has 1 aromatic heterocycles. The maximum Gasteiger partial charge on any atom is 0.137 e. The summed E-state index contributed by atoms with van der Waals surface area (Å²) in [4.78, 5) is 5.82. The number of aryl methyl sites for hydroxylation is 1. The molecule has 2 aromatic rings. The van der Waals surface area contributed by atoms with Crippen molar-refractivity contribution in [1.29, 1.82) is 0 Å². The lowest BCUT2D eigenvalue weighted by Gasteiger charge is -2.23. The number of aromatic nitrogens is 1. The number of nitrogens with one attached hydrogen (secondary N) is 1. The first-order chi connectivity index (χ1) is 11.6. The van der Waals surface area contributed by atoms with E-state index in [2.05, 4.69) is 10.3 Å². The molecule has 1 atom stereocenters. The monoisotopic (exact) mass is 402 g/mol. The van der Waals surface area contributed by atoms with Crippen molar-refractivity contribution in [1.82, 2.24) is 10.3 Å². The molecule has 1 fully saturated rings. The van der Waals surface area contributed by atoms with Gasteiger partial charge in [-0.15, -0.1) is 23.7 Å². The molecule has 25 heavy (non-hydrogen) atoms. The Morgan fingerprint density at radius 2 is 2.12 bits per heavy atom. The lowest BCUT2D eigenvalue weighted by Crippen LogP contribution is -2.27. The molecule has 7 heteroatoms. The zero-order valence-corrected chi connectivity index (χ0v) is 16.6. The van der Waals surface area contributed by atoms with E-state index in [1.54, 1.807) is 11.3 Å². The van der Waals surface area contributed by atoms with Gasteiger partial charge in [0, 0.05) is 11.3 Å². The second kappa shape index (κ2) is 9.19. The van der Waals surface area contributed by atoms with Crippen LogP contribution >= 0.6 is 35.3 Å². The van der Waals surface area contributed by atoms with E-state index in [1.807, 2.05) is 31.2 Å². The number of halogens is 2. The van der Waals surface area contributed by atoms with E-state index in [4.69, 9.17) is 16.3 Å². The van der Waals surface area contributed by atoms with Crippen LogP contribution in [-0.2, 0) is 12.0 Å². The van der Waals surface area contributed by atoms with E-state index in [0.717, 1.165) is 49.5 Å². The zero-order valence-electron chi connectivity index (χ0n) is 14.3. The highest BCUT2D eigenvalue weighted by atomic mass is 35.5. The third-order valence-corrected chi connectivity index (χ3v) is 6.10. The van der Waals surface area contributed by atoms with E-state index in [9.17, 15) is 5.11 Å². The summed E-state index contributed by atoms with van der Waals surface area (Å²) in [6.45, 7) is 4.35. The highest BCUT2D eigenvalue weighted by molar-refractivity contribution is 7.11. The topological polar surface area (TPSA) is 54.4 Å². The van der Waals surface area contributed by atoms with E-state index >= 15 is 0 Å². The summed E-state index contributed by atoms with van der Waals surface area (Å²) in [6, 6.07) is 7.49. The predicted octanol–water partition coefficient (Wildman–Crippen LogP) is 4.11. The van der Waals surface area contributed by atoms with Gasteiger partial charge in [0.1, 0.15) is 16.4 Å². The van der Waals surface area contributed by atoms with Crippen LogP contribution in [0, 0.1) is 6.92 Å². The van der Waals surface area contributed by atoms with Gasteiger partial charge in [-0.1, -0.05) is 23.7 Å². The molecule has 1 aliphatic heterocycles. The molecule has 1 aromatic carbocycles. The fourth-order valence-electron chi connectivity index (χ4n) is 2.94. The van der Waals surface area contributed by atoms with Gasteiger partial charge in [-0.3, -0.25) is 0 Å². The summed E-state index contributed by atoms with van der Waals surface area (Å²) >= 11 is 7.71. The van der Waals surface area contributed by atoms with Gasteiger partial charge in [0.05, 0.1) is 17.3 Å². The third-order valence-electron chi connectivity index (χ3n) is 4.37. The highest BCUT2D eigenvalue weighted by Crippen LogP contribution is 2.35. The normalized spacial score (nSPS) is 20.6. The molecule has 0 radical (unpaired) electrons. The SMILES string of the molecule is Cc1nc(C2(O)CCCNCC2)sc1CCOc1ccccc1Cl.Cl. The van der Waals surface area contributed by atoms with Crippen LogP contribution < -0.4 is 10.1 Å². The second-order valence-corrected chi connectivity index (χ2v) is 7.68. The highest BCUT2D eigenvalue weighted by Gasteiger charge is 2.33. The zero-order chi connectivity index (χ0) is 17.0. The van der Waals surface area contributed by atoms with Crippen molar-refractivity contribution in [3.63, 3.8) is 0 Å². The molecule has 0 spiro atoms. The number of benzene rings is 1. The minimum atomic E-state index is -0.791. The number of ether oxygens (including phenoxy) is 1. The van der Waals surface area contributed by atoms with Gasteiger partial charge < -0.3 is 15.2 Å². The van der Waals surface area contributed by atoms with E-state index in [0.29, 0.717) is 17.4 Å². The van der Waals surface area contributed by atoms with Gasteiger partial charge in [-0.2, -0.15) is 0 Å². The van der Waals surface area contributed by atoms with E-state index in [-0.39, 0.29) is 12.4 Å². The van der Waals surface area contributed by atoms with Crippen LogP contribution in [0.4, 0.5) is 0 Å². The minimum absolute atomic E-state index is 0. The summed E-state index contributed by atoms with van der Waals surface area (Å²) < 4.78 is 5.77. The number of thiazole rings is 1. The Kier molecular flexibility index (Phi) is 7.52. The predicted molar refractivity (Wildman–Crippen MR) is 105 cm³/mol. The molecule has 1 saturated heterocycles. The molecular weight excluding hydrogens is 379 g/mol. The van der Waals surface area contributed by atoms with Crippen LogP contribution in [0.2, 0.25) is 5.02 Å². The van der Waals surface area contributed by atoms with Gasteiger partial charge in [0.2, 0.25) is 0 Å². The summed E-state index contributed by atoms with van der Waals surface area (Å²) in [7, 11) is 0. The van der Waals surface area contributed by atoms with Crippen molar-refractivity contribution in [3.8, 4) is 5.75 Å².